The number of piperazine rings is 1. The molecule has 1 aromatic heterocycles. The second-order valence-electron chi connectivity index (χ2n) is 19.1. The third kappa shape index (κ3) is 11.1. The highest BCUT2D eigenvalue weighted by Crippen LogP contribution is 2.56. The van der Waals surface area contributed by atoms with Gasteiger partial charge >= 0.3 is 13.5 Å². The summed E-state index contributed by atoms with van der Waals surface area (Å²) in [4.78, 5) is 33.5. The zero-order valence-electron chi connectivity index (χ0n) is 40.5. The standard InChI is InChI=1S/C55H62ClN6O7PS/c1-38(2)61-39(3)52(55(64)65)53(54(61)41-12-15-44(56)16-13-41)43-8-7-9-47(35-43)59-30-28-58(29-31-59)45-17-19-46(20-18-45)60-32-33-69-70(60,68)49-21-14-42(51(36-49)62(66)67)34-40(37-71-50-10-5-4-6-11-50)22-25-57-26-23-48(63)24-27-57/h4-21,35-36,38,40,48,63H,22-34,37H2,1-3H3,(H,64,65)/t40-,70-/m0/s1. The zero-order valence-corrected chi connectivity index (χ0v) is 43.0. The van der Waals surface area contributed by atoms with Gasteiger partial charge in [-0.2, -0.15) is 0 Å². The Kier molecular flexibility index (Phi) is 15.6. The molecule has 3 aliphatic rings. The highest BCUT2D eigenvalue weighted by atomic mass is 35.5. The first-order chi connectivity index (χ1) is 34.3. The van der Waals surface area contributed by atoms with E-state index in [4.69, 9.17) is 16.1 Å². The number of benzene rings is 5. The number of hydrogen-bond acceptors (Lipinski definition) is 10. The predicted octanol–water partition coefficient (Wildman–Crippen LogP) is 11.5. The summed E-state index contributed by atoms with van der Waals surface area (Å²) in [5, 5.41) is 34.3. The van der Waals surface area contributed by atoms with Crippen LogP contribution in [0.4, 0.5) is 22.7 Å². The normalized spacial score (nSPS) is 18.4. The van der Waals surface area contributed by atoms with Crippen LogP contribution in [-0.4, -0.2) is 101 Å². The highest BCUT2D eigenvalue weighted by Gasteiger charge is 2.41. The summed E-state index contributed by atoms with van der Waals surface area (Å²) in [5.41, 5.74) is 7.61. The molecule has 3 aliphatic heterocycles. The lowest BCUT2D eigenvalue weighted by Gasteiger charge is -2.37. The number of nitrogens with zero attached hydrogens (tertiary/aromatic N) is 6. The SMILES string of the molecule is Cc1c(C(=O)O)c(-c2cccc(N3CCN(c4ccc(N5CCO[P@@]5(=O)c5ccc(C[C@H](CCN6CCC(O)CC6)CSc6ccccc6)c([N+](=O)[O-])c5)cc4)CC3)c2)c(-c2ccc(Cl)cc2)n1C(C)C. The molecule has 71 heavy (non-hydrogen) atoms. The molecule has 2 N–H and O–H groups in total. The summed E-state index contributed by atoms with van der Waals surface area (Å²) in [6.45, 7) is 12.2. The van der Waals surface area contributed by atoms with Gasteiger partial charge in [-0.15, -0.1) is 11.8 Å². The summed E-state index contributed by atoms with van der Waals surface area (Å²) in [6.07, 6.45) is 2.65. The minimum absolute atomic E-state index is 0.0183. The van der Waals surface area contributed by atoms with Crippen LogP contribution in [0.2, 0.25) is 5.02 Å². The van der Waals surface area contributed by atoms with Gasteiger partial charge in [0.1, 0.15) is 0 Å². The lowest BCUT2D eigenvalue weighted by Crippen LogP contribution is -2.46. The van der Waals surface area contributed by atoms with Crippen LogP contribution in [-0.2, 0) is 15.5 Å². The Labute approximate surface area is 425 Å². The number of aliphatic hydroxyl groups excluding tert-OH is 1. The molecule has 0 unspecified atom stereocenters. The van der Waals surface area contributed by atoms with E-state index in [0.717, 1.165) is 110 Å². The number of thioether (sulfide) groups is 1. The molecule has 6 aromatic rings. The smallest absolute Gasteiger partial charge is 0.338 e. The number of aromatic carboxylic acids is 1. The number of piperidine rings is 1. The molecule has 0 aliphatic carbocycles. The first-order valence-corrected chi connectivity index (χ1v) is 27.5. The van der Waals surface area contributed by atoms with Crippen molar-refractivity contribution in [3.8, 4) is 22.4 Å². The molecule has 13 nitrogen and oxygen atoms in total. The van der Waals surface area contributed by atoms with Crippen LogP contribution in [0.15, 0.2) is 126 Å². The molecule has 0 bridgehead atoms. The molecule has 4 heterocycles. The van der Waals surface area contributed by atoms with Gasteiger partial charge in [-0.1, -0.05) is 60.1 Å². The van der Waals surface area contributed by atoms with Crippen LogP contribution < -0.4 is 19.8 Å². The Bertz CT molecular complexity index is 2890. The minimum Gasteiger partial charge on any atom is -0.478 e. The van der Waals surface area contributed by atoms with Gasteiger partial charge in [-0.05, 0) is 137 Å². The molecule has 3 fully saturated rings. The minimum atomic E-state index is -3.68. The first kappa shape index (κ1) is 50.3. The van der Waals surface area contributed by atoms with Crippen molar-refractivity contribution in [2.24, 2.45) is 5.92 Å². The van der Waals surface area contributed by atoms with Crippen LogP contribution in [0.5, 0.6) is 0 Å². The Hall–Kier alpha value is -5.60. The zero-order chi connectivity index (χ0) is 49.8. The Morgan fingerprint density at radius 1 is 0.831 bits per heavy atom. The van der Waals surface area contributed by atoms with Crippen molar-refractivity contribution in [1.29, 1.82) is 0 Å². The van der Waals surface area contributed by atoms with Gasteiger partial charge in [0.15, 0.2) is 0 Å². The number of aromatic nitrogens is 1. The van der Waals surface area contributed by atoms with Crippen molar-refractivity contribution >= 4 is 64.9 Å². The molecule has 16 heteroatoms. The number of anilines is 3. The lowest BCUT2D eigenvalue weighted by atomic mass is 9.96. The predicted molar refractivity (Wildman–Crippen MR) is 288 cm³/mol. The van der Waals surface area contributed by atoms with Gasteiger partial charge < -0.3 is 34.0 Å². The summed E-state index contributed by atoms with van der Waals surface area (Å²) in [7, 11) is -3.68. The van der Waals surface area contributed by atoms with Crippen molar-refractivity contribution in [1.82, 2.24) is 9.47 Å². The Balaban J connectivity index is 0.885. The van der Waals surface area contributed by atoms with E-state index in [0.29, 0.717) is 45.7 Å². The second-order valence-corrected chi connectivity index (χ2v) is 22.9. The number of hydrogen-bond donors (Lipinski definition) is 2. The van der Waals surface area contributed by atoms with Gasteiger partial charge in [0.05, 0.1) is 40.7 Å². The fourth-order valence-electron chi connectivity index (χ4n) is 10.5. The van der Waals surface area contributed by atoms with Crippen LogP contribution in [0.1, 0.15) is 60.8 Å². The number of nitro benzene ring substituents is 1. The van der Waals surface area contributed by atoms with Crippen LogP contribution >= 0.6 is 30.9 Å². The fraction of sp³-hybridized carbons (Fsp3) is 0.364. The van der Waals surface area contributed by atoms with Gasteiger partial charge in [-0.25, -0.2) is 4.79 Å². The van der Waals surface area contributed by atoms with E-state index < -0.39 is 13.5 Å². The maximum atomic E-state index is 14.9. The molecular weight excluding hydrogens is 955 g/mol. The monoisotopic (exact) mass is 1020 g/mol. The van der Waals surface area contributed by atoms with Crippen molar-refractivity contribution in [2.45, 2.75) is 63.5 Å². The Morgan fingerprint density at radius 2 is 1.51 bits per heavy atom. The maximum Gasteiger partial charge on any atom is 0.338 e. The summed E-state index contributed by atoms with van der Waals surface area (Å²) in [6, 6.07) is 38.9. The van der Waals surface area contributed by atoms with Gasteiger partial charge in [0.25, 0.3) is 5.69 Å². The fourth-order valence-corrected chi connectivity index (χ4v) is 13.9. The third-order valence-corrected chi connectivity index (χ3v) is 18.2. The van der Waals surface area contributed by atoms with E-state index >= 15 is 0 Å². The molecule has 0 saturated carbocycles. The number of carboxylic acids is 1. The van der Waals surface area contributed by atoms with Crippen LogP contribution in [0.25, 0.3) is 22.4 Å². The van der Waals surface area contributed by atoms with Crippen molar-refractivity contribution in [3.63, 3.8) is 0 Å². The molecule has 0 spiro atoms. The third-order valence-electron chi connectivity index (χ3n) is 14.2. The summed E-state index contributed by atoms with van der Waals surface area (Å²) >= 11 is 8.04. The molecule has 0 amide bonds. The average Bonchev–Trinajstić information content (AvgIpc) is 3.93. The van der Waals surface area contributed by atoms with Crippen molar-refractivity contribution in [3.05, 3.63) is 153 Å². The van der Waals surface area contributed by atoms with Gasteiger partial charge in [-0.3, -0.25) is 19.3 Å². The molecule has 2 atom stereocenters. The first-order valence-electron chi connectivity index (χ1n) is 24.6. The number of carboxylic acid groups (broad SMARTS) is 1. The van der Waals surface area contributed by atoms with Crippen molar-refractivity contribution < 1.29 is 29.0 Å². The molecule has 3 saturated heterocycles. The van der Waals surface area contributed by atoms with E-state index in [1.807, 2.05) is 85.8 Å². The van der Waals surface area contributed by atoms with E-state index in [9.17, 15) is 29.7 Å². The van der Waals surface area contributed by atoms with E-state index in [1.165, 1.54) is 6.07 Å². The number of likely N-dealkylation sites (tertiary alicyclic amines) is 1. The van der Waals surface area contributed by atoms with E-state index in [-0.39, 0.29) is 35.3 Å². The number of carbonyl (C=O) groups is 1. The maximum absolute atomic E-state index is 14.9. The molecular formula is C55H62ClN6O7PS. The highest BCUT2D eigenvalue weighted by molar-refractivity contribution is 7.99. The van der Waals surface area contributed by atoms with E-state index in [1.54, 1.807) is 28.6 Å². The average molecular weight is 1020 g/mol. The van der Waals surface area contributed by atoms with Gasteiger partial charge in [0, 0.05) is 101 Å². The van der Waals surface area contributed by atoms with Gasteiger partial charge in [0.2, 0.25) is 0 Å². The Morgan fingerprint density at radius 3 is 2.17 bits per heavy atom. The number of halogens is 1. The summed E-state index contributed by atoms with van der Waals surface area (Å²) < 4.78 is 24.8. The molecule has 0 radical (unpaired) electrons. The lowest BCUT2D eigenvalue weighted by molar-refractivity contribution is -0.385. The number of aliphatic hydroxyl groups is 1. The molecule has 372 valence electrons. The van der Waals surface area contributed by atoms with Crippen molar-refractivity contribution in [2.75, 3.05) is 79.2 Å². The molecule has 5 aromatic carbocycles. The molecule has 9 rings (SSSR count). The van der Waals surface area contributed by atoms with E-state index in [2.05, 4.69) is 57.4 Å². The van der Waals surface area contributed by atoms with Crippen LogP contribution in [0.3, 0.4) is 0 Å². The second kappa shape index (κ2) is 22.0. The van der Waals surface area contributed by atoms with Crippen LogP contribution in [0, 0.1) is 23.0 Å². The summed E-state index contributed by atoms with van der Waals surface area (Å²) in [5.74, 6) is -0.0140. The number of rotatable bonds is 17. The quantitative estimate of drug-likeness (QED) is 0.0388. The largest absolute Gasteiger partial charge is 0.478 e. The number of nitro groups is 1. The topological polar surface area (TPSA) is 145 Å².